The largest absolute Gasteiger partial charge is 0.356 e. The summed E-state index contributed by atoms with van der Waals surface area (Å²) >= 11 is 0. The van der Waals surface area contributed by atoms with Crippen LogP contribution in [0.25, 0.3) is 11.0 Å². The Morgan fingerprint density at radius 3 is 2.67 bits per heavy atom. The van der Waals surface area contributed by atoms with Crippen molar-refractivity contribution in [2.75, 3.05) is 26.2 Å². The predicted octanol–water partition coefficient (Wildman–Crippen LogP) is 2.26. The van der Waals surface area contributed by atoms with E-state index >= 15 is 0 Å². The summed E-state index contributed by atoms with van der Waals surface area (Å²) in [4.78, 5) is 43.7. The molecule has 0 saturated carbocycles. The zero-order chi connectivity index (χ0) is 23.0. The van der Waals surface area contributed by atoms with Gasteiger partial charge in [0.25, 0.3) is 5.91 Å². The molecule has 3 heterocycles. The van der Waals surface area contributed by atoms with Crippen LogP contribution in [0, 0.1) is 0 Å². The van der Waals surface area contributed by atoms with Gasteiger partial charge in [-0.1, -0.05) is 35.5 Å². The molecule has 2 N–H and O–H groups in total. The number of carbonyl (C=O) groups is 3. The number of carbonyl (C=O) groups excluding carboxylic acids is 3. The number of hydrogen-bond acceptors (Lipinski definition) is 6. The average molecular weight is 450 g/mol. The van der Waals surface area contributed by atoms with E-state index in [0.29, 0.717) is 56.4 Å². The fourth-order valence-electron chi connectivity index (χ4n) is 4.04. The third-order valence-corrected chi connectivity index (χ3v) is 5.80. The van der Waals surface area contributed by atoms with Gasteiger partial charge in [-0.25, -0.2) is 4.98 Å². The summed E-state index contributed by atoms with van der Waals surface area (Å²) in [5.41, 5.74) is 1.49. The molecule has 3 aromatic rings. The summed E-state index contributed by atoms with van der Waals surface area (Å²) in [6, 6.07) is 13.4. The molecule has 1 aromatic carbocycles. The van der Waals surface area contributed by atoms with Crippen LogP contribution in [0.5, 0.6) is 0 Å². The van der Waals surface area contributed by atoms with Gasteiger partial charge in [0.1, 0.15) is 0 Å². The van der Waals surface area contributed by atoms with Crippen molar-refractivity contribution in [1.29, 1.82) is 0 Å². The number of nitrogens with zero attached hydrogens (tertiary/aromatic N) is 3. The Labute approximate surface area is 191 Å². The zero-order valence-electron chi connectivity index (χ0n) is 18.3. The van der Waals surface area contributed by atoms with Crippen molar-refractivity contribution < 1.29 is 18.9 Å². The lowest BCUT2D eigenvalue weighted by atomic mass is 9.91. The smallest absolute Gasteiger partial charge is 0.293 e. The van der Waals surface area contributed by atoms with Crippen molar-refractivity contribution >= 4 is 28.8 Å². The molecule has 1 atom stereocenters. The summed E-state index contributed by atoms with van der Waals surface area (Å²) in [5.74, 6) is -0.465. The maximum Gasteiger partial charge on any atom is 0.293 e. The van der Waals surface area contributed by atoms with E-state index in [1.165, 1.54) is 4.90 Å². The highest BCUT2D eigenvalue weighted by Gasteiger charge is 2.25. The van der Waals surface area contributed by atoms with Gasteiger partial charge in [-0.05, 0) is 42.9 Å². The van der Waals surface area contributed by atoms with Crippen molar-refractivity contribution in [3.8, 4) is 0 Å². The van der Waals surface area contributed by atoms with E-state index in [-0.39, 0.29) is 30.0 Å². The third kappa shape index (κ3) is 5.74. The fraction of sp³-hybridized carbons (Fsp3) is 0.375. The maximum atomic E-state index is 13.2. The van der Waals surface area contributed by atoms with Gasteiger partial charge >= 0.3 is 0 Å². The van der Waals surface area contributed by atoms with Crippen LogP contribution in [0.3, 0.4) is 0 Å². The first-order chi connectivity index (χ1) is 16.1. The fourth-order valence-corrected chi connectivity index (χ4v) is 4.04. The topological polar surface area (TPSA) is 117 Å². The standard InChI is InChI=1S/C24H27N5O4/c30-20-10-9-18(17-6-2-1-3-7-17)11-14-26-21(31)16-29(15-5-13-25-20)24(32)22-19-8-4-12-27-23(19)28-33-22/h1-4,6-8,12,18H,5,9-11,13-16H2,(H,25,30)(H,26,31). The normalized spacial score (nSPS) is 18.9. The monoisotopic (exact) mass is 449 g/mol. The van der Waals surface area contributed by atoms with Crippen molar-refractivity contribution in [2.24, 2.45) is 0 Å². The highest BCUT2D eigenvalue weighted by atomic mass is 16.5. The molecule has 0 aliphatic carbocycles. The van der Waals surface area contributed by atoms with Gasteiger partial charge in [0, 0.05) is 32.3 Å². The number of benzene rings is 1. The maximum absolute atomic E-state index is 13.2. The summed E-state index contributed by atoms with van der Waals surface area (Å²) < 4.78 is 5.25. The van der Waals surface area contributed by atoms with Gasteiger partial charge in [-0.3, -0.25) is 14.4 Å². The van der Waals surface area contributed by atoms with Crippen LogP contribution < -0.4 is 10.6 Å². The molecule has 1 unspecified atom stereocenters. The van der Waals surface area contributed by atoms with Crippen LogP contribution in [-0.2, 0) is 9.59 Å². The molecule has 0 radical (unpaired) electrons. The number of pyridine rings is 1. The van der Waals surface area contributed by atoms with Gasteiger partial charge in [-0.2, -0.15) is 0 Å². The minimum absolute atomic E-state index is 0.0118. The molecule has 172 valence electrons. The molecule has 3 amide bonds. The van der Waals surface area contributed by atoms with E-state index in [1.807, 2.05) is 30.3 Å². The summed E-state index contributed by atoms with van der Waals surface area (Å²) in [6.45, 7) is 1.06. The van der Waals surface area contributed by atoms with Crippen molar-refractivity contribution in [3.05, 3.63) is 60.0 Å². The first-order valence-corrected chi connectivity index (χ1v) is 11.2. The van der Waals surface area contributed by atoms with E-state index < -0.39 is 5.91 Å². The summed E-state index contributed by atoms with van der Waals surface area (Å²) in [6.07, 6.45) is 3.91. The van der Waals surface area contributed by atoms with Crippen LogP contribution >= 0.6 is 0 Å². The van der Waals surface area contributed by atoms with Crippen molar-refractivity contribution in [3.63, 3.8) is 0 Å². The first-order valence-electron chi connectivity index (χ1n) is 11.2. The molecule has 2 aromatic heterocycles. The molecule has 0 bridgehead atoms. The van der Waals surface area contributed by atoms with Gasteiger partial charge in [-0.15, -0.1) is 0 Å². The average Bonchev–Trinajstić information content (AvgIpc) is 3.27. The lowest BCUT2D eigenvalue weighted by Gasteiger charge is -2.23. The van der Waals surface area contributed by atoms with E-state index in [1.54, 1.807) is 18.3 Å². The number of aromatic nitrogens is 2. The number of nitrogens with one attached hydrogen (secondary N) is 2. The van der Waals surface area contributed by atoms with Crippen LogP contribution in [-0.4, -0.2) is 58.9 Å². The molecule has 33 heavy (non-hydrogen) atoms. The van der Waals surface area contributed by atoms with Crippen LogP contribution in [0.4, 0.5) is 0 Å². The Hall–Kier alpha value is -3.75. The van der Waals surface area contributed by atoms with Gasteiger partial charge in [0.15, 0.2) is 0 Å². The van der Waals surface area contributed by atoms with Gasteiger partial charge in [0.2, 0.25) is 23.2 Å². The van der Waals surface area contributed by atoms with Crippen molar-refractivity contribution in [1.82, 2.24) is 25.7 Å². The minimum atomic E-state index is -0.429. The second-order valence-corrected chi connectivity index (χ2v) is 8.10. The number of fused-ring (bicyclic) bond motifs is 1. The quantitative estimate of drug-likeness (QED) is 0.620. The SMILES string of the molecule is O=C1CCC(c2ccccc2)CCNC(=O)CN(C(=O)c2onc3ncccc23)CCCN1. The predicted molar refractivity (Wildman–Crippen MR) is 121 cm³/mol. The van der Waals surface area contributed by atoms with Crippen LogP contribution in [0.1, 0.15) is 47.7 Å². The van der Waals surface area contributed by atoms with E-state index in [9.17, 15) is 14.4 Å². The third-order valence-electron chi connectivity index (χ3n) is 5.80. The van der Waals surface area contributed by atoms with Crippen molar-refractivity contribution in [2.45, 2.75) is 31.6 Å². The Bertz CT molecular complexity index is 1110. The molecular weight excluding hydrogens is 422 g/mol. The molecule has 9 heteroatoms. The zero-order valence-corrected chi connectivity index (χ0v) is 18.3. The Morgan fingerprint density at radius 2 is 1.82 bits per heavy atom. The van der Waals surface area contributed by atoms with Gasteiger partial charge < -0.3 is 20.1 Å². The highest BCUT2D eigenvalue weighted by molar-refractivity contribution is 6.03. The number of hydrogen-bond donors (Lipinski definition) is 2. The molecule has 1 fully saturated rings. The molecule has 1 aliphatic heterocycles. The highest BCUT2D eigenvalue weighted by Crippen LogP contribution is 2.24. The van der Waals surface area contributed by atoms with Gasteiger partial charge in [0.05, 0.1) is 11.9 Å². The van der Waals surface area contributed by atoms with E-state index in [0.717, 1.165) is 5.56 Å². The molecular formula is C24H27N5O4. The first kappa shape index (κ1) is 22.4. The van der Waals surface area contributed by atoms with E-state index in [2.05, 4.69) is 20.8 Å². The number of amides is 3. The minimum Gasteiger partial charge on any atom is -0.356 e. The number of rotatable bonds is 2. The Kier molecular flexibility index (Phi) is 7.29. The van der Waals surface area contributed by atoms with Crippen LogP contribution in [0.2, 0.25) is 0 Å². The summed E-state index contributed by atoms with van der Waals surface area (Å²) in [7, 11) is 0. The van der Waals surface area contributed by atoms with E-state index in [4.69, 9.17) is 4.52 Å². The molecule has 1 saturated heterocycles. The Morgan fingerprint density at radius 1 is 1.00 bits per heavy atom. The molecule has 1 aliphatic rings. The second-order valence-electron chi connectivity index (χ2n) is 8.10. The Balaban J connectivity index is 1.47. The molecule has 0 spiro atoms. The summed E-state index contributed by atoms with van der Waals surface area (Å²) in [5, 5.41) is 10.2. The lowest BCUT2D eigenvalue weighted by molar-refractivity contribution is -0.123. The van der Waals surface area contributed by atoms with Crippen LogP contribution in [0.15, 0.2) is 53.2 Å². The molecule has 9 nitrogen and oxygen atoms in total. The second kappa shape index (κ2) is 10.7. The molecule has 4 rings (SSSR count). The lowest BCUT2D eigenvalue weighted by Crippen LogP contribution is -2.42.